The van der Waals surface area contributed by atoms with Gasteiger partial charge >= 0.3 is 0 Å². The van der Waals surface area contributed by atoms with Gasteiger partial charge in [0.05, 0.1) is 23.9 Å². The molecule has 0 unspecified atom stereocenters. The van der Waals surface area contributed by atoms with Crippen molar-refractivity contribution in [2.75, 3.05) is 13.1 Å². The Morgan fingerprint density at radius 2 is 1.81 bits per heavy atom. The van der Waals surface area contributed by atoms with Gasteiger partial charge in [-0.15, -0.1) is 0 Å². The Morgan fingerprint density at radius 3 is 2.48 bits per heavy atom. The largest absolute Gasteiger partial charge is 0.375 e. The van der Waals surface area contributed by atoms with Gasteiger partial charge < -0.3 is 10.3 Å². The molecule has 1 aromatic heterocycles. The summed E-state index contributed by atoms with van der Waals surface area (Å²) in [6.45, 7) is 4.09. The molecular formula is C17H18N4. The molecule has 2 N–H and O–H groups in total. The number of aryl methyl sites for hydroxylation is 1. The van der Waals surface area contributed by atoms with Crippen LogP contribution in [0.15, 0.2) is 53.5 Å². The number of aromatic nitrogens is 2. The summed E-state index contributed by atoms with van der Waals surface area (Å²) in [5.41, 5.74) is 4.50. The van der Waals surface area contributed by atoms with Crippen LogP contribution in [0, 0.1) is 6.92 Å². The summed E-state index contributed by atoms with van der Waals surface area (Å²) < 4.78 is 0. The van der Waals surface area contributed by atoms with Crippen LogP contribution in [0.4, 0.5) is 0 Å². The van der Waals surface area contributed by atoms with E-state index in [0.29, 0.717) is 0 Å². The highest BCUT2D eigenvalue weighted by atomic mass is 15.0. The minimum Gasteiger partial charge on any atom is -0.375 e. The van der Waals surface area contributed by atoms with E-state index >= 15 is 0 Å². The molecule has 4 rings (SSSR count). The van der Waals surface area contributed by atoms with Gasteiger partial charge in [0.25, 0.3) is 0 Å². The van der Waals surface area contributed by atoms with Crippen LogP contribution in [0.2, 0.25) is 0 Å². The average Bonchev–Trinajstić information content (AvgIpc) is 3.20. The molecule has 106 valence electrons. The summed E-state index contributed by atoms with van der Waals surface area (Å²) in [5, 5.41) is 2.93. The van der Waals surface area contributed by atoms with E-state index in [9.17, 15) is 0 Å². The van der Waals surface area contributed by atoms with Crippen molar-refractivity contribution in [1.29, 1.82) is 0 Å². The first-order chi connectivity index (χ1) is 10.3. The number of aliphatic imine (C=N–C) groups is 1. The molecule has 21 heavy (non-hydrogen) atoms. The number of fused-ring (bicyclic) bond motifs is 1. The first-order valence-corrected chi connectivity index (χ1v) is 7.07. The van der Waals surface area contributed by atoms with Crippen molar-refractivity contribution in [2.45, 2.75) is 6.92 Å². The first kappa shape index (κ1) is 13.4. The highest BCUT2D eigenvalue weighted by molar-refractivity contribution is 5.79. The lowest BCUT2D eigenvalue weighted by atomic mass is 10.1. The van der Waals surface area contributed by atoms with E-state index in [2.05, 4.69) is 39.3 Å². The Morgan fingerprint density at radius 1 is 1.00 bits per heavy atom. The summed E-state index contributed by atoms with van der Waals surface area (Å²) in [4.78, 5) is 11.8. The van der Waals surface area contributed by atoms with Gasteiger partial charge in [0.2, 0.25) is 0 Å². The molecule has 3 aromatic rings. The van der Waals surface area contributed by atoms with Crippen molar-refractivity contribution in [1.82, 2.24) is 15.3 Å². The fraction of sp³-hybridized carbons (Fsp3) is 0.176. The number of hydrogen-bond donors (Lipinski definition) is 2. The minimum absolute atomic E-state index is 0.944. The van der Waals surface area contributed by atoms with Gasteiger partial charge in [-0.05, 0) is 24.6 Å². The van der Waals surface area contributed by atoms with Crippen LogP contribution in [0.3, 0.4) is 0 Å². The Labute approximate surface area is 124 Å². The molecule has 1 aliphatic heterocycles. The van der Waals surface area contributed by atoms with E-state index in [1.807, 2.05) is 36.4 Å². The molecule has 4 nitrogen and oxygen atoms in total. The number of nitrogens with zero attached hydrogens (tertiary/aromatic N) is 2. The number of aromatic amines is 1. The van der Waals surface area contributed by atoms with Crippen molar-refractivity contribution in [3.05, 3.63) is 54.1 Å². The van der Waals surface area contributed by atoms with Crippen molar-refractivity contribution in [2.24, 2.45) is 4.99 Å². The average molecular weight is 278 g/mol. The molecule has 2 heterocycles. The number of hydrogen-bond acceptors (Lipinski definition) is 3. The van der Waals surface area contributed by atoms with Crippen molar-refractivity contribution in [3.63, 3.8) is 0 Å². The molecule has 0 saturated heterocycles. The third-order valence-electron chi connectivity index (χ3n) is 3.36. The number of benzene rings is 2. The lowest BCUT2D eigenvalue weighted by Crippen LogP contribution is -2.04. The normalized spacial score (nSPS) is 12.8. The van der Waals surface area contributed by atoms with Crippen molar-refractivity contribution in [3.8, 4) is 11.4 Å². The predicted octanol–water partition coefficient (Wildman–Crippen LogP) is 3.16. The first-order valence-electron chi connectivity index (χ1n) is 7.07. The molecular weight excluding hydrogens is 260 g/mol. The summed E-state index contributed by atoms with van der Waals surface area (Å²) in [7, 11) is 0. The van der Waals surface area contributed by atoms with Crippen LogP contribution in [-0.4, -0.2) is 29.4 Å². The second kappa shape index (κ2) is 6.22. The highest BCUT2D eigenvalue weighted by Crippen LogP contribution is 2.22. The fourth-order valence-electron chi connectivity index (χ4n) is 2.24. The van der Waals surface area contributed by atoms with E-state index in [1.165, 1.54) is 11.1 Å². The molecule has 1 aliphatic rings. The molecule has 0 amide bonds. The van der Waals surface area contributed by atoms with Gasteiger partial charge in [0, 0.05) is 12.1 Å². The number of imidazole rings is 1. The zero-order valence-corrected chi connectivity index (χ0v) is 12.0. The fourth-order valence-corrected chi connectivity index (χ4v) is 2.24. The van der Waals surface area contributed by atoms with E-state index in [-0.39, 0.29) is 0 Å². The van der Waals surface area contributed by atoms with Crippen molar-refractivity contribution >= 4 is 17.4 Å². The van der Waals surface area contributed by atoms with E-state index in [4.69, 9.17) is 0 Å². The zero-order chi connectivity index (χ0) is 14.5. The van der Waals surface area contributed by atoms with Crippen LogP contribution in [-0.2, 0) is 0 Å². The Hall–Kier alpha value is -2.62. The van der Waals surface area contributed by atoms with E-state index in [1.54, 1.807) is 6.34 Å². The van der Waals surface area contributed by atoms with Crippen molar-refractivity contribution < 1.29 is 0 Å². The van der Waals surface area contributed by atoms with Crippen LogP contribution in [0.5, 0.6) is 0 Å². The standard InChI is InChI=1S/C14H12N2.C3H6N2/c1-10-6-2-3-7-11(10)14-15-12-8-4-5-9-13(12)16-14;1-2-5-3-4-1/h2-9H,1H3,(H,15,16);3H,1-2H2,(H,4,5). The Kier molecular flexibility index (Phi) is 3.96. The minimum atomic E-state index is 0.944. The molecule has 0 spiro atoms. The molecule has 0 fully saturated rings. The van der Waals surface area contributed by atoms with Crippen LogP contribution in [0.1, 0.15) is 5.56 Å². The van der Waals surface area contributed by atoms with Crippen LogP contribution >= 0.6 is 0 Å². The van der Waals surface area contributed by atoms with Gasteiger partial charge in [-0.3, -0.25) is 4.99 Å². The lowest BCUT2D eigenvalue weighted by Gasteiger charge is -2.00. The lowest BCUT2D eigenvalue weighted by molar-refractivity contribution is 0.965. The molecule has 0 atom stereocenters. The van der Waals surface area contributed by atoms with Gasteiger partial charge in [0.1, 0.15) is 5.82 Å². The van der Waals surface area contributed by atoms with Gasteiger partial charge in [0.15, 0.2) is 0 Å². The summed E-state index contributed by atoms with van der Waals surface area (Å²) in [6, 6.07) is 16.4. The maximum atomic E-state index is 4.59. The molecule has 4 heteroatoms. The number of nitrogens with one attached hydrogen (secondary N) is 2. The molecule has 0 radical (unpaired) electrons. The van der Waals surface area contributed by atoms with Crippen LogP contribution in [0.25, 0.3) is 22.4 Å². The van der Waals surface area contributed by atoms with E-state index in [0.717, 1.165) is 29.9 Å². The quantitative estimate of drug-likeness (QED) is 0.718. The van der Waals surface area contributed by atoms with E-state index < -0.39 is 0 Å². The maximum Gasteiger partial charge on any atom is 0.138 e. The predicted molar refractivity (Wildman–Crippen MR) is 87.6 cm³/mol. The summed E-state index contributed by atoms with van der Waals surface area (Å²) in [5.74, 6) is 0.944. The summed E-state index contributed by atoms with van der Waals surface area (Å²) >= 11 is 0. The third kappa shape index (κ3) is 3.11. The van der Waals surface area contributed by atoms with Gasteiger partial charge in [-0.1, -0.05) is 36.4 Å². The summed E-state index contributed by atoms with van der Waals surface area (Å²) in [6.07, 6.45) is 1.74. The molecule has 2 aromatic carbocycles. The number of para-hydroxylation sites is 2. The van der Waals surface area contributed by atoms with Crippen LogP contribution < -0.4 is 5.32 Å². The zero-order valence-electron chi connectivity index (χ0n) is 12.0. The van der Waals surface area contributed by atoms with Gasteiger partial charge in [-0.25, -0.2) is 4.98 Å². The number of rotatable bonds is 1. The Balaban J connectivity index is 0.000000225. The molecule has 0 bridgehead atoms. The Bertz CT molecular complexity index is 719. The third-order valence-corrected chi connectivity index (χ3v) is 3.36. The topological polar surface area (TPSA) is 53.1 Å². The monoisotopic (exact) mass is 278 g/mol. The SMILES string of the molecule is C1=NCCN1.Cc1ccccc1-c1nc2ccccc2[nH]1. The van der Waals surface area contributed by atoms with Gasteiger partial charge in [-0.2, -0.15) is 0 Å². The number of H-pyrrole nitrogens is 1. The molecule has 0 aliphatic carbocycles. The second-order valence-electron chi connectivity index (χ2n) is 4.91. The molecule has 0 saturated carbocycles. The smallest absolute Gasteiger partial charge is 0.138 e. The second-order valence-corrected chi connectivity index (χ2v) is 4.91. The maximum absolute atomic E-state index is 4.59. The highest BCUT2D eigenvalue weighted by Gasteiger charge is 2.05.